The highest BCUT2D eigenvalue weighted by molar-refractivity contribution is 6.32. The standard InChI is InChI=1S/C25H26ClN5O3/c1-15(25(32)33)17-8-10-31(11-9-17)24-19-6-5-18(27-2)13-20(19)23(29-30-24)28-14-16-4-7-22(34-3)21(26)12-16/h4-7,12-13,15,17H,8-11,14H2,1,3H3,(H,28,29)(H,32,33). The average molecular weight is 480 g/mol. The Bertz CT molecular complexity index is 1250. The number of carboxylic acid groups (broad SMARTS) is 1. The lowest BCUT2D eigenvalue weighted by Gasteiger charge is -2.34. The van der Waals surface area contributed by atoms with Crippen molar-refractivity contribution in [2.75, 3.05) is 30.4 Å². The van der Waals surface area contributed by atoms with E-state index in [1.807, 2.05) is 30.3 Å². The molecule has 34 heavy (non-hydrogen) atoms. The van der Waals surface area contributed by atoms with Crippen LogP contribution in [0.5, 0.6) is 5.75 Å². The van der Waals surface area contributed by atoms with Crippen molar-refractivity contribution in [3.63, 3.8) is 0 Å². The number of aromatic nitrogens is 2. The molecule has 1 atom stereocenters. The third kappa shape index (κ3) is 4.85. The minimum absolute atomic E-state index is 0.152. The molecule has 0 aliphatic carbocycles. The van der Waals surface area contributed by atoms with Gasteiger partial charge in [0.25, 0.3) is 0 Å². The van der Waals surface area contributed by atoms with E-state index in [-0.39, 0.29) is 11.8 Å². The number of nitrogens with zero attached hydrogens (tertiary/aromatic N) is 4. The van der Waals surface area contributed by atoms with E-state index in [9.17, 15) is 9.90 Å². The van der Waals surface area contributed by atoms with Crippen LogP contribution in [0.25, 0.3) is 15.6 Å². The van der Waals surface area contributed by atoms with Crippen molar-refractivity contribution in [2.24, 2.45) is 11.8 Å². The zero-order chi connectivity index (χ0) is 24.2. The molecule has 2 N–H and O–H groups in total. The Morgan fingerprint density at radius 2 is 2.03 bits per heavy atom. The fourth-order valence-corrected chi connectivity index (χ4v) is 4.66. The van der Waals surface area contributed by atoms with Gasteiger partial charge in [0.1, 0.15) is 5.75 Å². The van der Waals surface area contributed by atoms with Crippen molar-refractivity contribution in [3.8, 4) is 5.75 Å². The van der Waals surface area contributed by atoms with Gasteiger partial charge in [-0.1, -0.05) is 36.7 Å². The monoisotopic (exact) mass is 479 g/mol. The quantitative estimate of drug-likeness (QED) is 0.439. The van der Waals surface area contributed by atoms with Gasteiger partial charge < -0.3 is 20.1 Å². The van der Waals surface area contributed by atoms with Gasteiger partial charge >= 0.3 is 5.97 Å². The number of hydrogen-bond acceptors (Lipinski definition) is 6. The molecular formula is C25H26ClN5O3. The first-order valence-corrected chi connectivity index (χ1v) is 11.5. The molecule has 0 amide bonds. The third-order valence-electron chi connectivity index (χ3n) is 6.48. The number of hydrogen-bond donors (Lipinski definition) is 2. The molecule has 2 aromatic carbocycles. The van der Waals surface area contributed by atoms with Crippen molar-refractivity contribution in [1.29, 1.82) is 0 Å². The topological polar surface area (TPSA) is 91.9 Å². The molecule has 3 aromatic rings. The summed E-state index contributed by atoms with van der Waals surface area (Å²) in [6.07, 6.45) is 1.57. The number of piperidine rings is 1. The maximum absolute atomic E-state index is 11.4. The van der Waals surface area contributed by atoms with Crippen LogP contribution >= 0.6 is 11.6 Å². The van der Waals surface area contributed by atoms with Crippen LogP contribution in [0.15, 0.2) is 36.4 Å². The van der Waals surface area contributed by atoms with Crippen LogP contribution in [0, 0.1) is 18.4 Å². The molecule has 1 unspecified atom stereocenters. The average Bonchev–Trinajstić information content (AvgIpc) is 2.86. The highest BCUT2D eigenvalue weighted by atomic mass is 35.5. The molecule has 1 fully saturated rings. The minimum atomic E-state index is -0.746. The van der Waals surface area contributed by atoms with Gasteiger partial charge in [0, 0.05) is 30.4 Å². The molecule has 9 heteroatoms. The van der Waals surface area contributed by atoms with E-state index >= 15 is 0 Å². The fourth-order valence-electron chi connectivity index (χ4n) is 4.38. The second kappa shape index (κ2) is 10.1. The summed E-state index contributed by atoms with van der Waals surface area (Å²) < 4.78 is 5.21. The SMILES string of the molecule is [C-]#[N+]c1ccc2c(N3CCC(C(C)C(=O)O)CC3)nnc(NCc3ccc(OC)c(Cl)c3)c2c1. The molecule has 1 aliphatic heterocycles. The number of halogens is 1. The third-order valence-corrected chi connectivity index (χ3v) is 6.78. The zero-order valence-electron chi connectivity index (χ0n) is 19.1. The molecule has 0 bridgehead atoms. The van der Waals surface area contributed by atoms with E-state index in [4.69, 9.17) is 22.9 Å². The van der Waals surface area contributed by atoms with Crippen LogP contribution in [0.1, 0.15) is 25.3 Å². The largest absolute Gasteiger partial charge is 0.495 e. The first-order chi connectivity index (χ1) is 16.4. The lowest BCUT2D eigenvalue weighted by atomic mass is 9.85. The van der Waals surface area contributed by atoms with E-state index in [1.54, 1.807) is 20.1 Å². The Hall–Kier alpha value is -3.57. The molecule has 176 valence electrons. The maximum Gasteiger partial charge on any atom is 0.306 e. The molecule has 0 radical (unpaired) electrons. The van der Waals surface area contributed by atoms with E-state index in [0.29, 0.717) is 41.9 Å². The number of carbonyl (C=O) groups is 1. The number of anilines is 2. The van der Waals surface area contributed by atoms with E-state index in [2.05, 4.69) is 25.3 Å². The summed E-state index contributed by atoms with van der Waals surface area (Å²) in [6, 6.07) is 11.1. The summed E-state index contributed by atoms with van der Waals surface area (Å²) in [7, 11) is 1.58. The smallest absolute Gasteiger partial charge is 0.306 e. The molecular weight excluding hydrogens is 454 g/mol. The number of fused-ring (bicyclic) bond motifs is 1. The van der Waals surface area contributed by atoms with E-state index in [1.165, 1.54) is 0 Å². The highest BCUT2D eigenvalue weighted by Crippen LogP contribution is 2.35. The molecule has 0 saturated carbocycles. The molecule has 1 aliphatic rings. The van der Waals surface area contributed by atoms with Gasteiger partial charge in [-0.3, -0.25) is 4.79 Å². The second-order valence-electron chi connectivity index (χ2n) is 8.49. The Balaban J connectivity index is 1.59. The summed E-state index contributed by atoms with van der Waals surface area (Å²) in [5, 5.41) is 23.9. The van der Waals surface area contributed by atoms with E-state index < -0.39 is 5.97 Å². The van der Waals surface area contributed by atoms with Crippen molar-refractivity contribution >= 4 is 45.7 Å². The summed E-state index contributed by atoms with van der Waals surface area (Å²) in [6.45, 7) is 11.1. The van der Waals surface area contributed by atoms with Gasteiger partial charge in [-0.25, -0.2) is 4.85 Å². The van der Waals surface area contributed by atoms with Crippen LogP contribution in [0.2, 0.25) is 5.02 Å². The Labute approximate surface area is 203 Å². The van der Waals surface area contributed by atoms with Crippen molar-refractivity contribution in [2.45, 2.75) is 26.3 Å². The van der Waals surface area contributed by atoms with Gasteiger partial charge in [-0.15, -0.1) is 10.2 Å². The second-order valence-corrected chi connectivity index (χ2v) is 8.89. The van der Waals surface area contributed by atoms with Gasteiger partial charge in [-0.05, 0) is 42.5 Å². The number of methoxy groups -OCH3 is 1. The predicted octanol–water partition coefficient (Wildman–Crippen LogP) is 5.39. The van der Waals surface area contributed by atoms with E-state index in [0.717, 1.165) is 35.0 Å². The minimum Gasteiger partial charge on any atom is -0.495 e. The van der Waals surface area contributed by atoms with Gasteiger partial charge in [0.15, 0.2) is 17.3 Å². The molecule has 8 nitrogen and oxygen atoms in total. The fraction of sp³-hybridized carbons (Fsp3) is 0.360. The number of carboxylic acids is 1. The van der Waals surface area contributed by atoms with Crippen LogP contribution in [-0.2, 0) is 11.3 Å². The van der Waals surface area contributed by atoms with Crippen LogP contribution in [0.3, 0.4) is 0 Å². The van der Waals surface area contributed by atoms with Crippen molar-refractivity contribution in [3.05, 3.63) is 58.4 Å². The molecule has 4 rings (SSSR count). The highest BCUT2D eigenvalue weighted by Gasteiger charge is 2.29. The van der Waals surface area contributed by atoms with Crippen molar-refractivity contribution < 1.29 is 14.6 Å². The summed E-state index contributed by atoms with van der Waals surface area (Å²) in [5.74, 6) is 1.01. The lowest BCUT2D eigenvalue weighted by molar-refractivity contribution is -0.143. The number of nitrogens with one attached hydrogen (secondary N) is 1. The number of benzene rings is 2. The molecule has 1 aromatic heterocycles. The molecule has 2 heterocycles. The Morgan fingerprint density at radius 1 is 1.26 bits per heavy atom. The van der Waals surface area contributed by atoms with Crippen LogP contribution < -0.4 is 15.0 Å². The van der Waals surface area contributed by atoms with Gasteiger partial charge in [-0.2, -0.15) is 0 Å². The maximum atomic E-state index is 11.4. The predicted molar refractivity (Wildman–Crippen MR) is 133 cm³/mol. The van der Waals surface area contributed by atoms with Crippen molar-refractivity contribution in [1.82, 2.24) is 10.2 Å². The zero-order valence-corrected chi connectivity index (χ0v) is 19.8. The Kier molecular flexibility index (Phi) is 7.03. The molecule has 0 spiro atoms. The van der Waals surface area contributed by atoms with Gasteiger partial charge in [0.05, 0.1) is 24.6 Å². The summed E-state index contributed by atoms with van der Waals surface area (Å²) in [5.41, 5.74) is 1.48. The first kappa shape index (κ1) is 23.6. The van der Waals surface area contributed by atoms with Crippen LogP contribution in [-0.4, -0.2) is 41.5 Å². The van der Waals surface area contributed by atoms with Gasteiger partial charge in [0.2, 0.25) is 0 Å². The Morgan fingerprint density at radius 3 is 2.68 bits per heavy atom. The number of rotatable bonds is 7. The van der Waals surface area contributed by atoms with Crippen LogP contribution in [0.4, 0.5) is 17.3 Å². The molecule has 1 saturated heterocycles. The first-order valence-electron chi connectivity index (χ1n) is 11.1. The number of aliphatic carboxylic acids is 1. The number of ether oxygens (including phenoxy) is 1. The summed E-state index contributed by atoms with van der Waals surface area (Å²) >= 11 is 6.25. The lowest BCUT2D eigenvalue weighted by Crippen LogP contribution is -2.38. The normalized spacial score (nSPS) is 15.1. The summed E-state index contributed by atoms with van der Waals surface area (Å²) in [4.78, 5) is 17.1.